The maximum atomic E-state index is 12.3. The minimum Gasteiger partial charge on any atom is -0.211 e. The van der Waals surface area contributed by atoms with Crippen LogP contribution in [0, 0.1) is 11.3 Å². The average Bonchev–Trinajstić information content (AvgIpc) is 2.89. The molecule has 1 aromatic rings. The Labute approximate surface area is 115 Å². The average molecular weight is 297 g/mol. The zero-order valence-corrected chi connectivity index (χ0v) is 11.6. The summed E-state index contributed by atoms with van der Waals surface area (Å²) in [6.07, 6.45) is 2.54. The van der Waals surface area contributed by atoms with E-state index in [1.807, 2.05) is 6.07 Å². The lowest BCUT2D eigenvalue weighted by molar-refractivity contribution is 0.321. The molecule has 0 bridgehead atoms. The van der Waals surface area contributed by atoms with Gasteiger partial charge in [0, 0.05) is 13.1 Å². The third-order valence-corrected chi connectivity index (χ3v) is 6.30. The maximum Gasteiger partial charge on any atom is 0.252 e. The van der Waals surface area contributed by atoms with Gasteiger partial charge in [-0.05, 0) is 25.0 Å². The van der Waals surface area contributed by atoms with Crippen LogP contribution >= 0.6 is 11.3 Å². The number of nitrogens with zero attached hydrogens (tertiary/aromatic N) is 3. The minimum absolute atomic E-state index is 0.137. The summed E-state index contributed by atoms with van der Waals surface area (Å²) in [7, 11) is -3.53. The summed E-state index contributed by atoms with van der Waals surface area (Å²) in [6, 6.07) is 4.74. The molecule has 100 valence electrons. The van der Waals surface area contributed by atoms with Crippen LogP contribution in [0.5, 0.6) is 0 Å². The fraction of sp³-hybridized carbons (Fsp3) is 0.455. The van der Waals surface area contributed by atoms with Gasteiger partial charge in [-0.2, -0.15) is 9.57 Å². The Morgan fingerprint density at radius 1 is 1.37 bits per heavy atom. The van der Waals surface area contributed by atoms with Crippen LogP contribution in [0.2, 0.25) is 0 Å². The molecular weight excluding hydrogens is 286 g/mol. The second-order valence-electron chi connectivity index (χ2n) is 4.09. The molecule has 2 heterocycles. The van der Waals surface area contributed by atoms with Gasteiger partial charge in [-0.1, -0.05) is 0 Å². The van der Waals surface area contributed by atoms with E-state index in [2.05, 4.69) is 4.99 Å². The summed E-state index contributed by atoms with van der Waals surface area (Å²) in [6.45, 7) is 0.663. The van der Waals surface area contributed by atoms with Crippen LogP contribution in [0.4, 0.5) is 0 Å². The quantitative estimate of drug-likeness (QED) is 0.617. The number of piperidine rings is 1. The van der Waals surface area contributed by atoms with Gasteiger partial charge in [-0.3, -0.25) is 0 Å². The van der Waals surface area contributed by atoms with Gasteiger partial charge in [-0.25, -0.2) is 18.2 Å². The number of hydrogen-bond acceptors (Lipinski definition) is 6. The molecule has 19 heavy (non-hydrogen) atoms. The Morgan fingerprint density at radius 3 is 2.58 bits per heavy atom. The summed E-state index contributed by atoms with van der Waals surface area (Å²) in [5.74, 6) is 0. The van der Waals surface area contributed by atoms with Gasteiger partial charge in [0.25, 0.3) is 10.0 Å². The number of thiophene rings is 1. The monoisotopic (exact) mass is 297 g/mol. The van der Waals surface area contributed by atoms with Crippen molar-refractivity contribution in [1.82, 2.24) is 4.31 Å². The molecule has 1 fully saturated rings. The van der Waals surface area contributed by atoms with Crippen molar-refractivity contribution in [3.8, 4) is 6.07 Å². The predicted octanol–water partition coefficient (Wildman–Crippen LogP) is 1.11. The number of sulfonamides is 1. The lowest BCUT2D eigenvalue weighted by Crippen LogP contribution is -2.39. The van der Waals surface area contributed by atoms with E-state index in [0.717, 1.165) is 11.3 Å². The molecule has 0 amide bonds. The summed E-state index contributed by atoms with van der Waals surface area (Å²) >= 11 is 0.968. The van der Waals surface area contributed by atoms with Gasteiger partial charge in [-0.15, -0.1) is 11.3 Å². The second-order valence-corrected chi connectivity index (χ2v) is 7.33. The number of hydrogen-bond donors (Lipinski definition) is 0. The first-order valence-corrected chi connectivity index (χ1v) is 7.90. The van der Waals surface area contributed by atoms with Gasteiger partial charge in [0.1, 0.15) is 15.2 Å². The van der Waals surface area contributed by atoms with Gasteiger partial charge in [0.2, 0.25) is 6.08 Å². The number of aliphatic imine (C=N–C) groups is 1. The van der Waals surface area contributed by atoms with Gasteiger partial charge < -0.3 is 0 Å². The Bertz CT molecular complexity index is 645. The van der Waals surface area contributed by atoms with E-state index in [1.165, 1.54) is 22.5 Å². The smallest absolute Gasteiger partial charge is 0.211 e. The molecule has 1 aromatic heterocycles. The Balaban J connectivity index is 2.14. The van der Waals surface area contributed by atoms with E-state index in [0.29, 0.717) is 30.8 Å². The first-order chi connectivity index (χ1) is 9.07. The Kier molecular flexibility index (Phi) is 4.12. The van der Waals surface area contributed by atoms with Crippen LogP contribution in [0.1, 0.15) is 17.7 Å². The van der Waals surface area contributed by atoms with E-state index in [9.17, 15) is 13.2 Å². The van der Waals surface area contributed by atoms with Crippen molar-refractivity contribution in [2.75, 3.05) is 13.1 Å². The van der Waals surface area contributed by atoms with Crippen molar-refractivity contribution in [3.05, 3.63) is 17.0 Å². The molecule has 1 saturated heterocycles. The lowest BCUT2D eigenvalue weighted by atomic mass is 10.1. The SMILES string of the molecule is N#Cc1ccc(S(=O)(=O)N2CCC(N=C=O)CC2)s1. The molecule has 0 radical (unpaired) electrons. The van der Waals surface area contributed by atoms with E-state index < -0.39 is 10.0 Å². The van der Waals surface area contributed by atoms with E-state index in [4.69, 9.17) is 5.26 Å². The summed E-state index contributed by atoms with van der Waals surface area (Å²) in [5.41, 5.74) is 0. The molecule has 2 rings (SSSR count). The van der Waals surface area contributed by atoms with Crippen molar-refractivity contribution in [2.24, 2.45) is 4.99 Å². The van der Waals surface area contributed by atoms with Gasteiger partial charge in [0.15, 0.2) is 0 Å². The van der Waals surface area contributed by atoms with Crippen LogP contribution in [0.3, 0.4) is 0 Å². The topological polar surface area (TPSA) is 90.6 Å². The summed E-state index contributed by atoms with van der Waals surface area (Å²) in [5, 5.41) is 8.72. The van der Waals surface area contributed by atoms with Crippen LogP contribution in [-0.4, -0.2) is 37.9 Å². The maximum absolute atomic E-state index is 12.3. The number of carbonyl (C=O) groups excluding carboxylic acids is 1. The number of rotatable bonds is 3. The largest absolute Gasteiger partial charge is 0.252 e. The standard InChI is InChI=1S/C11H11N3O3S2/c12-7-10-1-2-11(18-10)19(16,17)14-5-3-9(4-6-14)13-8-15/h1-2,9H,3-6H2. The molecule has 0 unspecified atom stereocenters. The molecule has 1 aliphatic heterocycles. The minimum atomic E-state index is -3.53. The molecule has 0 aliphatic carbocycles. The lowest BCUT2D eigenvalue weighted by Gasteiger charge is -2.28. The van der Waals surface area contributed by atoms with Crippen molar-refractivity contribution < 1.29 is 13.2 Å². The molecule has 0 N–H and O–H groups in total. The molecule has 0 atom stereocenters. The fourth-order valence-electron chi connectivity index (χ4n) is 1.93. The van der Waals surface area contributed by atoms with E-state index in [-0.39, 0.29) is 10.3 Å². The van der Waals surface area contributed by atoms with Gasteiger partial charge in [0.05, 0.1) is 6.04 Å². The molecule has 0 spiro atoms. The third-order valence-electron chi connectivity index (χ3n) is 2.94. The van der Waals surface area contributed by atoms with Gasteiger partial charge >= 0.3 is 0 Å². The first-order valence-electron chi connectivity index (χ1n) is 5.65. The second kappa shape index (κ2) is 5.63. The molecule has 0 saturated carbocycles. The Morgan fingerprint density at radius 2 is 2.05 bits per heavy atom. The predicted molar refractivity (Wildman–Crippen MR) is 68.9 cm³/mol. The third kappa shape index (κ3) is 2.91. The van der Waals surface area contributed by atoms with Crippen molar-refractivity contribution in [3.63, 3.8) is 0 Å². The van der Waals surface area contributed by atoms with Crippen molar-refractivity contribution in [2.45, 2.75) is 23.1 Å². The van der Waals surface area contributed by atoms with Crippen LogP contribution in [0.15, 0.2) is 21.3 Å². The highest BCUT2D eigenvalue weighted by molar-refractivity contribution is 7.91. The first kappa shape index (κ1) is 13.9. The van der Waals surface area contributed by atoms with Crippen LogP contribution < -0.4 is 0 Å². The molecular formula is C11H11N3O3S2. The molecule has 1 aliphatic rings. The normalized spacial score (nSPS) is 17.6. The molecule has 8 heteroatoms. The highest BCUT2D eigenvalue weighted by Crippen LogP contribution is 2.27. The molecule has 0 aromatic carbocycles. The summed E-state index contributed by atoms with van der Waals surface area (Å²) in [4.78, 5) is 14.2. The number of isocyanates is 1. The zero-order valence-electron chi connectivity index (χ0n) is 9.94. The highest BCUT2D eigenvalue weighted by atomic mass is 32.2. The highest BCUT2D eigenvalue weighted by Gasteiger charge is 2.30. The number of nitriles is 1. The van der Waals surface area contributed by atoms with Crippen molar-refractivity contribution >= 4 is 27.4 Å². The molecule has 6 nitrogen and oxygen atoms in total. The zero-order chi connectivity index (χ0) is 13.9. The van der Waals surface area contributed by atoms with Crippen LogP contribution in [0.25, 0.3) is 0 Å². The fourth-order valence-corrected chi connectivity index (χ4v) is 4.66. The van der Waals surface area contributed by atoms with Crippen LogP contribution in [-0.2, 0) is 14.8 Å². The van der Waals surface area contributed by atoms with E-state index in [1.54, 1.807) is 0 Å². The van der Waals surface area contributed by atoms with Crippen molar-refractivity contribution in [1.29, 1.82) is 5.26 Å². The summed E-state index contributed by atoms with van der Waals surface area (Å²) < 4.78 is 26.2. The van der Waals surface area contributed by atoms with E-state index >= 15 is 0 Å². The Hall–Kier alpha value is -1.52.